The molecule has 1 aliphatic carbocycles. The summed E-state index contributed by atoms with van der Waals surface area (Å²) in [4.78, 5) is 27.3. The molecule has 0 heterocycles. The molecule has 1 fully saturated rings. The van der Waals surface area contributed by atoms with Crippen LogP contribution in [-0.4, -0.2) is 55.4 Å². The first-order valence-electron chi connectivity index (χ1n) is 14.8. The van der Waals surface area contributed by atoms with Crippen LogP contribution in [0.3, 0.4) is 0 Å². The fourth-order valence-electron chi connectivity index (χ4n) is 5.21. The quantitative estimate of drug-likeness (QED) is 0.159. The number of nitrogens with one attached hydrogen (secondary N) is 3. The highest BCUT2D eigenvalue weighted by Gasteiger charge is 2.34. The summed E-state index contributed by atoms with van der Waals surface area (Å²) in [6.45, 7) is 0. The molecule has 3 atom stereocenters. The Balaban J connectivity index is 1.52. The van der Waals surface area contributed by atoms with Gasteiger partial charge in [-0.3, -0.25) is 9.59 Å². The Morgan fingerprint density at radius 1 is 0.767 bits per heavy atom. The second-order valence-corrected chi connectivity index (χ2v) is 13.0. The molecule has 1 aliphatic rings. The van der Waals surface area contributed by atoms with E-state index in [9.17, 15) is 28.1 Å². The van der Waals surface area contributed by atoms with Gasteiger partial charge in [0, 0.05) is 6.42 Å². The molecule has 0 bridgehead atoms. The molecule has 43 heavy (non-hydrogen) atoms. The van der Waals surface area contributed by atoms with E-state index in [2.05, 4.69) is 15.4 Å². The Morgan fingerprint density at radius 2 is 1.30 bits per heavy atom. The van der Waals surface area contributed by atoms with Crippen molar-refractivity contribution in [3.05, 3.63) is 108 Å². The largest absolute Gasteiger partial charge is 0.475 e. The van der Waals surface area contributed by atoms with E-state index in [0.717, 1.165) is 30.4 Å². The van der Waals surface area contributed by atoms with Gasteiger partial charge in [0.25, 0.3) is 0 Å². The second kappa shape index (κ2) is 15.8. The van der Waals surface area contributed by atoms with Crippen LogP contribution >= 0.6 is 0 Å². The molecule has 0 radical (unpaired) electrons. The molecule has 0 aliphatic heterocycles. The van der Waals surface area contributed by atoms with Crippen molar-refractivity contribution in [2.24, 2.45) is 5.92 Å². The third kappa shape index (κ3) is 10.6. The first-order valence-corrected chi connectivity index (χ1v) is 16.4. The van der Waals surface area contributed by atoms with Crippen LogP contribution < -0.4 is 15.4 Å². The first kappa shape index (κ1) is 32.4. The van der Waals surface area contributed by atoms with Crippen molar-refractivity contribution >= 4 is 29.0 Å². The molecule has 4 rings (SSSR count). The van der Waals surface area contributed by atoms with Gasteiger partial charge in [-0.1, -0.05) is 110 Å². The number of amides is 2. The molecule has 2 amide bonds. The average Bonchev–Trinajstić information content (AvgIpc) is 2.97. The minimum absolute atomic E-state index is 0.137. The van der Waals surface area contributed by atoms with Crippen molar-refractivity contribution in [2.75, 3.05) is 0 Å². The van der Waals surface area contributed by atoms with Crippen LogP contribution in [0.4, 0.5) is 0 Å². The van der Waals surface area contributed by atoms with Crippen LogP contribution in [0.2, 0.25) is 0 Å². The predicted octanol–water partition coefficient (Wildman–Crippen LogP) is 2.52. The summed E-state index contributed by atoms with van der Waals surface area (Å²) in [7, 11) is -5.66. The third-order valence-electron chi connectivity index (χ3n) is 7.82. The molecule has 9 nitrogen and oxygen atoms in total. The number of rotatable bonds is 16. The maximum Gasteiger partial charge on any atom is 0.475 e. The summed E-state index contributed by atoms with van der Waals surface area (Å²) in [5.74, 6) is -2.08. The van der Waals surface area contributed by atoms with E-state index in [-0.39, 0.29) is 18.6 Å². The van der Waals surface area contributed by atoms with Gasteiger partial charge in [0.2, 0.25) is 21.8 Å². The van der Waals surface area contributed by atoms with E-state index in [1.807, 2.05) is 60.7 Å². The molecular formula is C32H40BN3O6S. The third-order valence-corrected chi connectivity index (χ3v) is 9.17. The average molecular weight is 606 g/mol. The van der Waals surface area contributed by atoms with E-state index in [1.54, 1.807) is 30.3 Å². The summed E-state index contributed by atoms with van der Waals surface area (Å²) < 4.78 is 28.9. The number of carbonyl (C=O) groups excluding carboxylic acids is 2. The Hall–Kier alpha value is -3.51. The van der Waals surface area contributed by atoms with Crippen molar-refractivity contribution in [1.82, 2.24) is 15.4 Å². The van der Waals surface area contributed by atoms with Crippen LogP contribution in [0.5, 0.6) is 0 Å². The zero-order valence-corrected chi connectivity index (χ0v) is 25.0. The van der Waals surface area contributed by atoms with E-state index >= 15 is 0 Å². The molecule has 228 valence electrons. The fourth-order valence-corrected chi connectivity index (χ4v) is 6.58. The van der Waals surface area contributed by atoms with Gasteiger partial charge in [-0.15, -0.1) is 0 Å². The SMILES string of the molecule is O=C(N[C@@H](Cc1ccccc1)C(=O)NC(CC1CCC1)B(O)O)C(CCc1ccccc1)NS(=O)(=O)Cc1ccccc1. The highest BCUT2D eigenvalue weighted by Crippen LogP contribution is 2.30. The molecule has 0 spiro atoms. The van der Waals surface area contributed by atoms with Gasteiger partial charge in [0.1, 0.15) is 12.1 Å². The second-order valence-electron chi connectivity index (χ2n) is 11.3. The van der Waals surface area contributed by atoms with Crippen LogP contribution in [0.25, 0.3) is 0 Å². The number of aryl methyl sites for hydroxylation is 1. The standard InChI is InChI=1S/C32H40BN3O6S/c37-31(28(20-19-24-11-4-1-5-12-24)36-43(41,42)23-27-15-8-3-9-16-27)34-29(21-25-13-6-2-7-14-25)32(38)35-30(33(39)40)22-26-17-10-18-26/h1-9,11-16,26,28-30,36,39-40H,10,17-23H2,(H,34,37)(H,35,38)/t28?,29-,30?/m0/s1. The van der Waals surface area contributed by atoms with Crippen LogP contribution in [0.15, 0.2) is 91.0 Å². The Morgan fingerprint density at radius 3 is 1.84 bits per heavy atom. The monoisotopic (exact) mass is 605 g/mol. The minimum atomic E-state index is -3.92. The lowest BCUT2D eigenvalue weighted by atomic mass is 9.69. The van der Waals surface area contributed by atoms with Crippen molar-refractivity contribution in [1.29, 1.82) is 0 Å². The van der Waals surface area contributed by atoms with Gasteiger partial charge in [0.05, 0.1) is 11.7 Å². The fraction of sp³-hybridized carbons (Fsp3) is 0.375. The van der Waals surface area contributed by atoms with Crippen molar-refractivity contribution in [3.63, 3.8) is 0 Å². The van der Waals surface area contributed by atoms with Crippen LogP contribution in [0.1, 0.15) is 48.8 Å². The summed E-state index contributed by atoms with van der Waals surface area (Å²) in [5.41, 5.74) is 2.31. The summed E-state index contributed by atoms with van der Waals surface area (Å²) in [5, 5.41) is 25.4. The normalized spacial score (nSPS) is 15.5. The molecule has 1 saturated carbocycles. The lowest BCUT2D eigenvalue weighted by Gasteiger charge is -2.31. The maximum absolute atomic E-state index is 13.7. The molecule has 11 heteroatoms. The van der Waals surface area contributed by atoms with Gasteiger partial charge in [0.15, 0.2) is 0 Å². The smallest absolute Gasteiger partial charge is 0.426 e. The lowest BCUT2D eigenvalue weighted by Crippen LogP contribution is -2.58. The molecular weight excluding hydrogens is 565 g/mol. The number of hydrogen-bond acceptors (Lipinski definition) is 6. The zero-order chi connectivity index (χ0) is 30.7. The van der Waals surface area contributed by atoms with Crippen LogP contribution in [0, 0.1) is 5.92 Å². The van der Waals surface area contributed by atoms with E-state index in [4.69, 9.17) is 0 Å². The maximum atomic E-state index is 13.7. The molecule has 0 saturated heterocycles. The number of sulfonamides is 1. The van der Waals surface area contributed by atoms with Crippen molar-refractivity contribution < 1.29 is 28.1 Å². The first-order chi connectivity index (χ1) is 20.7. The summed E-state index contributed by atoms with van der Waals surface area (Å²) in [6.07, 6.45) is 4.17. The summed E-state index contributed by atoms with van der Waals surface area (Å²) >= 11 is 0. The highest BCUT2D eigenvalue weighted by atomic mass is 32.2. The topological polar surface area (TPSA) is 145 Å². The van der Waals surface area contributed by atoms with Gasteiger partial charge < -0.3 is 20.7 Å². The predicted molar refractivity (Wildman–Crippen MR) is 167 cm³/mol. The number of benzene rings is 3. The van der Waals surface area contributed by atoms with Gasteiger partial charge in [-0.25, -0.2) is 13.1 Å². The Kier molecular flexibility index (Phi) is 11.9. The van der Waals surface area contributed by atoms with E-state index in [1.165, 1.54) is 0 Å². The zero-order valence-electron chi connectivity index (χ0n) is 24.1. The van der Waals surface area contributed by atoms with Crippen molar-refractivity contribution in [2.45, 2.75) is 68.7 Å². The van der Waals surface area contributed by atoms with Crippen molar-refractivity contribution in [3.8, 4) is 0 Å². The Labute approximate surface area is 254 Å². The lowest BCUT2D eigenvalue weighted by molar-refractivity contribution is -0.130. The molecule has 3 aromatic carbocycles. The van der Waals surface area contributed by atoms with Gasteiger partial charge >= 0.3 is 7.12 Å². The van der Waals surface area contributed by atoms with Crippen LogP contribution in [-0.2, 0) is 38.2 Å². The number of carbonyl (C=O) groups is 2. The minimum Gasteiger partial charge on any atom is -0.426 e. The number of hydrogen-bond donors (Lipinski definition) is 5. The van der Waals surface area contributed by atoms with E-state index in [0.29, 0.717) is 24.3 Å². The Bertz CT molecular complexity index is 1410. The van der Waals surface area contributed by atoms with Gasteiger partial charge in [-0.2, -0.15) is 0 Å². The summed E-state index contributed by atoms with van der Waals surface area (Å²) in [6, 6.07) is 25.1. The van der Waals surface area contributed by atoms with Gasteiger partial charge in [-0.05, 0) is 41.9 Å². The van der Waals surface area contributed by atoms with E-state index < -0.39 is 47.0 Å². The highest BCUT2D eigenvalue weighted by molar-refractivity contribution is 7.88. The molecule has 2 unspecified atom stereocenters. The molecule has 3 aromatic rings. The molecule has 0 aromatic heterocycles. The molecule has 5 N–H and O–H groups in total.